The zero-order valence-electron chi connectivity index (χ0n) is 19.1. The summed E-state index contributed by atoms with van der Waals surface area (Å²) in [4.78, 5) is 44.4. The molecule has 3 fully saturated rings. The van der Waals surface area contributed by atoms with Crippen LogP contribution in [-0.4, -0.2) is 60.2 Å². The Morgan fingerprint density at radius 1 is 0.903 bits per heavy atom. The van der Waals surface area contributed by atoms with Gasteiger partial charge >= 0.3 is 0 Å². The van der Waals surface area contributed by atoms with Crippen molar-refractivity contribution in [2.45, 2.75) is 52.9 Å². The van der Waals surface area contributed by atoms with Crippen molar-refractivity contribution in [1.29, 1.82) is 0 Å². The van der Waals surface area contributed by atoms with E-state index in [0.717, 1.165) is 49.2 Å². The number of nitrogens with zero attached hydrogens (tertiary/aromatic N) is 3. The second-order valence-corrected chi connectivity index (χ2v) is 9.76. The normalized spacial score (nSPS) is 25.3. The predicted octanol–water partition coefficient (Wildman–Crippen LogP) is 3.15. The molecule has 3 aliphatic heterocycles. The highest BCUT2D eigenvalue weighted by atomic mass is 16.2. The summed E-state index contributed by atoms with van der Waals surface area (Å²) >= 11 is 0. The quantitative estimate of drug-likeness (QED) is 0.747. The first-order valence-corrected chi connectivity index (χ1v) is 11.8. The topological polar surface area (TPSA) is 60.9 Å². The second-order valence-electron chi connectivity index (χ2n) is 9.76. The van der Waals surface area contributed by atoms with Crippen LogP contribution in [0.15, 0.2) is 18.2 Å². The lowest BCUT2D eigenvalue weighted by atomic mass is 9.92. The molecule has 4 rings (SSSR count). The van der Waals surface area contributed by atoms with E-state index in [9.17, 15) is 14.4 Å². The number of aryl methyl sites for hydroxylation is 1. The number of benzene rings is 1. The van der Waals surface area contributed by atoms with Gasteiger partial charge in [-0.2, -0.15) is 0 Å². The average Bonchev–Trinajstić information content (AvgIpc) is 3.16. The second kappa shape index (κ2) is 9.01. The van der Waals surface area contributed by atoms with E-state index in [0.29, 0.717) is 25.6 Å². The molecule has 0 spiro atoms. The van der Waals surface area contributed by atoms with Gasteiger partial charge < -0.3 is 14.7 Å². The molecule has 1 aromatic carbocycles. The highest BCUT2D eigenvalue weighted by molar-refractivity contribution is 6.01. The molecule has 1 aromatic rings. The molecule has 168 valence electrons. The van der Waals surface area contributed by atoms with Gasteiger partial charge in [-0.25, -0.2) is 0 Å². The van der Waals surface area contributed by atoms with Crippen molar-refractivity contribution in [3.05, 3.63) is 29.3 Å². The van der Waals surface area contributed by atoms with Crippen molar-refractivity contribution < 1.29 is 14.4 Å². The molecule has 0 saturated carbocycles. The van der Waals surface area contributed by atoms with Gasteiger partial charge in [-0.15, -0.1) is 0 Å². The molecule has 2 atom stereocenters. The minimum atomic E-state index is -0.289. The summed E-state index contributed by atoms with van der Waals surface area (Å²) in [5.41, 5.74) is 3.16. The first kappa shape index (κ1) is 21.8. The molecular weight excluding hydrogens is 390 g/mol. The largest absolute Gasteiger partial charge is 0.342 e. The van der Waals surface area contributed by atoms with Crippen molar-refractivity contribution in [2.24, 2.45) is 17.8 Å². The number of hydrogen-bond donors (Lipinski definition) is 0. The zero-order chi connectivity index (χ0) is 22.1. The standard InChI is InChI=1S/C25H35N3O3/c1-17-6-5-11-27(15-17)24(30)20-9-12-26(13-10-20)25(31)21-14-23(29)28(16-21)22-8-4-7-18(2)19(22)3/h4,7-8,17,20-21H,5-6,9-16H2,1-3H3. The fraction of sp³-hybridized carbons (Fsp3) is 0.640. The maximum atomic E-state index is 13.1. The van der Waals surface area contributed by atoms with Gasteiger partial charge in [-0.1, -0.05) is 19.1 Å². The van der Waals surface area contributed by atoms with Crippen LogP contribution >= 0.6 is 0 Å². The summed E-state index contributed by atoms with van der Waals surface area (Å²) < 4.78 is 0. The highest BCUT2D eigenvalue weighted by Crippen LogP contribution is 2.31. The van der Waals surface area contributed by atoms with Crippen molar-refractivity contribution >= 4 is 23.4 Å². The highest BCUT2D eigenvalue weighted by Gasteiger charge is 2.39. The van der Waals surface area contributed by atoms with E-state index in [1.165, 1.54) is 6.42 Å². The van der Waals surface area contributed by atoms with Crippen molar-refractivity contribution in [3.8, 4) is 0 Å². The predicted molar refractivity (Wildman–Crippen MR) is 121 cm³/mol. The summed E-state index contributed by atoms with van der Waals surface area (Å²) in [7, 11) is 0. The number of carbonyl (C=O) groups excluding carboxylic acids is 3. The first-order valence-electron chi connectivity index (χ1n) is 11.8. The molecule has 3 saturated heterocycles. The molecule has 0 N–H and O–H groups in total. The minimum Gasteiger partial charge on any atom is -0.342 e. The Balaban J connectivity index is 1.33. The Bertz CT molecular complexity index is 860. The number of piperidine rings is 2. The van der Waals surface area contributed by atoms with Crippen LogP contribution in [0.3, 0.4) is 0 Å². The minimum absolute atomic E-state index is 0.0244. The van der Waals surface area contributed by atoms with Crippen molar-refractivity contribution in [1.82, 2.24) is 9.80 Å². The summed E-state index contributed by atoms with van der Waals surface area (Å²) in [6.45, 7) is 9.71. The van der Waals surface area contributed by atoms with Gasteiger partial charge in [0.05, 0.1) is 5.92 Å². The third kappa shape index (κ3) is 4.48. The van der Waals surface area contributed by atoms with Crippen LogP contribution in [0.2, 0.25) is 0 Å². The molecule has 6 heteroatoms. The smallest absolute Gasteiger partial charge is 0.228 e. The molecule has 2 unspecified atom stereocenters. The number of anilines is 1. The fourth-order valence-electron chi connectivity index (χ4n) is 5.39. The number of carbonyl (C=O) groups is 3. The lowest BCUT2D eigenvalue weighted by molar-refractivity contribution is -0.143. The first-order chi connectivity index (χ1) is 14.8. The number of amides is 3. The monoisotopic (exact) mass is 425 g/mol. The van der Waals surface area contributed by atoms with Crippen molar-refractivity contribution in [3.63, 3.8) is 0 Å². The summed E-state index contributed by atoms with van der Waals surface area (Å²) in [5.74, 6) is 0.693. The third-order valence-electron chi connectivity index (χ3n) is 7.47. The van der Waals surface area contributed by atoms with Crippen LogP contribution in [0.5, 0.6) is 0 Å². The molecule has 0 aromatic heterocycles. The molecule has 3 aliphatic rings. The molecule has 31 heavy (non-hydrogen) atoms. The fourth-order valence-corrected chi connectivity index (χ4v) is 5.39. The van der Waals surface area contributed by atoms with Gasteiger partial charge in [0.2, 0.25) is 17.7 Å². The average molecular weight is 426 g/mol. The Hall–Kier alpha value is -2.37. The van der Waals surface area contributed by atoms with Crippen LogP contribution in [0, 0.1) is 31.6 Å². The molecule has 0 bridgehead atoms. The van der Waals surface area contributed by atoms with E-state index in [2.05, 4.69) is 6.92 Å². The molecule has 6 nitrogen and oxygen atoms in total. The van der Waals surface area contributed by atoms with Crippen LogP contribution in [0.1, 0.15) is 50.2 Å². The number of hydrogen-bond acceptors (Lipinski definition) is 3. The van der Waals surface area contributed by atoms with Gasteiger partial charge in [-0.05, 0) is 62.6 Å². The van der Waals surface area contributed by atoms with Gasteiger partial charge in [0.15, 0.2) is 0 Å². The third-order valence-corrected chi connectivity index (χ3v) is 7.47. The molecule has 3 heterocycles. The molecular formula is C25H35N3O3. The van der Waals surface area contributed by atoms with E-state index >= 15 is 0 Å². The lowest BCUT2D eigenvalue weighted by Crippen LogP contribution is -2.48. The molecule has 0 radical (unpaired) electrons. The Labute approximate surface area is 185 Å². The summed E-state index contributed by atoms with van der Waals surface area (Å²) in [6.07, 6.45) is 4.04. The maximum Gasteiger partial charge on any atom is 0.228 e. The molecule has 3 amide bonds. The van der Waals surface area contributed by atoms with Crippen LogP contribution < -0.4 is 4.90 Å². The zero-order valence-corrected chi connectivity index (χ0v) is 19.1. The van der Waals surface area contributed by atoms with Crippen LogP contribution in [-0.2, 0) is 14.4 Å². The van der Waals surface area contributed by atoms with Gasteiger partial charge in [-0.3, -0.25) is 14.4 Å². The van der Waals surface area contributed by atoms with E-state index in [1.807, 2.05) is 41.8 Å². The molecule has 0 aliphatic carbocycles. The Kier molecular flexibility index (Phi) is 6.35. The van der Waals surface area contributed by atoms with Crippen molar-refractivity contribution in [2.75, 3.05) is 37.6 Å². The van der Waals surface area contributed by atoms with Crippen LogP contribution in [0.4, 0.5) is 5.69 Å². The summed E-state index contributed by atoms with van der Waals surface area (Å²) in [6, 6.07) is 5.97. The maximum absolute atomic E-state index is 13.1. The van der Waals surface area contributed by atoms with Gasteiger partial charge in [0.25, 0.3) is 0 Å². The Morgan fingerprint density at radius 3 is 2.32 bits per heavy atom. The lowest BCUT2D eigenvalue weighted by Gasteiger charge is -2.37. The number of likely N-dealkylation sites (tertiary alicyclic amines) is 2. The van der Waals surface area contributed by atoms with E-state index in [-0.39, 0.29) is 36.0 Å². The van der Waals surface area contributed by atoms with Gasteiger partial charge in [0.1, 0.15) is 0 Å². The van der Waals surface area contributed by atoms with E-state index in [1.54, 1.807) is 4.90 Å². The van der Waals surface area contributed by atoms with E-state index in [4.69, 9.17) is 0 Å². The van der Waals surface area contributed by atoms with E-state index < -0.39 is 0 Å². The van der Waals surface area contributed by atoms with Gasteiger partial charge in [0, 0.05) is 50.7 Å². The summed E-state index contributed by atoms with van der Waals surface area (Å²) in [5, 5.41) is 0. The SMILES string of the molecule is Cc1cccc(N2CC(C(=O)N3CCC(C(=O)N4CCCC(C)C4)CC3)CC2=O)c1C. The number of rotatable bonds is 3. The Morgan fingerprint density at radius 2 is 1.61 bits per heavy atom. The van der Waals surface area contributed by atoms with Crippen LogP contribution in [0.25, 0.3) is 0 Å².